The summed E-state index contributed by atoms with van der Waals surface area (Å²) in [7, 11) is 0. The molecule has 1 heteroatoms. The van der Waals surface area contributed by atoms with Crippen molar-refractivity contribution in [3.63, 3.8) is 0 Å². The maximum absolute atomic E-state index is 2.48. The monoisotopic (exact) mass is 452 g/mol. The van der Waals surface area contributed by atoms with Crippen LogP contribution < -0.4 is 3.27 Å². The zero-order valence-electron chi connectivity index (χ0n) is 12.0. The molecule has 1 aromatic carbocycles. The Morgan fingerprint density at radius 3 is 1.95 bits per heavy atom. The summed E-state index contributed by atoms with van der Waals surface area (Å²) in [4.78, 5) is 0. The summed E-state index contributed by atoms with van der Waals surface area (Å²) in [5.41, 5.74) is 3.60. The van der Waals surface area contributed by atoms with E-state index in [-0.39, 0.29) is 0 Å². The van der Waals surface area contributed by atoms with Gasteiger partial charge in [0.1, 0.15) is 0 Å². The van der Waals surface area contributed by atoms with Gasteiger partial charge < -0.3 is 0 Å². The van der Waals surface area contributed by atoms with Crippen molar-refractivity contribution in [1.82, 2.24) is 0 Å². The molecule has 3 rings (SSSR count). The first-order chi connectivity index (χ1) is 9.36. The molecule has 0 saturated heterocycles. The number of hydrogen-bond donors (Lipinski definition) is 0. The molecule has 0 aromatic heterocycles. The first-order valence-corrected chi connectivity index (χ1v) is 10.5. The fourth-order valence-electron chi connectivity index (χ4n) is 4.23. The number of benzene rings is 1. The van der Waals surface area contributed by atoms with Gasteiger partial charge in [0.2, 0.25) is 0 Å². The van der Waals surface area contributed by atoms with Crippen molar-refractivity contribution >= 4 is 28.0 Å². The Bertz CT molecular complexity index is 412. The van der Waals surface area contributed by atoms with Crippen molar-refractivity contribution in [3.8, 4) is 0 Å². The number of rotatable bonds is 2. The molecule has 0 heterocycles. The van der Waals surface area contributed by atoms with Gasteiger partial charge in [-0.25, -0.2) is 0 Å². The van der Waals surface area contributed by atoms with Gasteiger partial charge in [0.25, 0.3) is 0 Å². The molecule has 0 amide bonds. The predicted octanol–water partition coefficient (Wildman–Crippen LogP) is 4.04. The SMILES string of the molecule is [BiH2][c]1cccc(C2CCCCC2)c1C1CCCCC1. The van der Waals surface area contributed by atoms with Crippen LogP contribution in [0.25, 0.3) is 0 Å². The van der Waals surface area contributed by atoms with Crippen molar-refractivity contribution in [3.05, 3.63) is 29.3 Å². The van der Waals surface area contributed by atoms with E-state index in [0.717, 1.165) is 36.6 Å². The van der Waals surface area contributed by atoms with Gasteiger partial charge in [0.15, 0.2) is 0 Å². The molecule has 0 aliphatic heterocycles. The van der Waals surface area contributed by atoms with Crippen LogP contribution in [0.1, 0.15) is 87.2 Å². The summed E-state index contributed by atoms with van der Waals surface area (Å²) in [5, 5.41) is 0. The van der Waals surface area contributed by atoms with Gasteiger partial charge in [-0.15, -0.1) is 0 Å². The molecule has 0 radical (unpaired) electrons. The molecule has 0 bridgehead atoms. The standard InChI is InChI=1S/C18H25.Bi.2H/c1-3-9-15(10-4-1)17-13-7-8-14-18(17)16-11-5-2-6-12-16;;;/h7-8,13,15-16H,1-6,9-12H2;;;. The summed E-state index contributed by atoms with van der Waals surface area (Å²) in [6.45, 7) is 0. The van der Waals surface area contributed by atoms with Crippen LogP contribution in [0.5, 0.6) is 0 Å². The van der Waals surface area contributed by atoms with E-state index in [1.165, 1.54) is 64.2 Å². The molecule has 0 atom stereocenters. The Morgan fingerprint density at radius 1 is 0.737 bits per heavy atom. The van der Waals surface area contributed by atoms with E-state index in [2.05, 4.69) is 18.2 Å². The second-order valence-electron chi connectivity index (χ2n) is 6.52. The minimum atomic E-state index is 0.893. The van der Waals surface area contributed by atoms with Crippen LogP contribution in [0.2, 0.25) is 0 Å². The van der Waals surface area contributed by atoms with E-state index in [1.54, 1.807) is 8.83 Å². The average molecular weight is 452 g/mol. The van der Waals surface area contributed by atoms with E-state index < -0.39 is 0 Å². The zero-order chi connectivity index (χ0) is 13.1. The summed E-state index contributed by atoms with van der Waals surface area (Å²) < 4.78 is 1.73. The molecule has 2 fully saturated rings. The molecule has 104 valence electrons. The van der Waals surface area contributed by atoms with Gasteiger partial charge in [-0.1, -0.05) is 0 Å². The second-order valence-corrected chi connectivity index (χ2v) is 8.94. The van der Waals surface area contributed by atoms with Gasteiger partial charge in [-0.3, -0.25) is 0 Å². The van der Waals surface area contributed by atoms with E-state index in [1.807, 2.05) is 5.56 Å². The predicted molar refractivity (Wildman–Crippen MR) is 86.3 cm³/mol. The van der Waals surface area contributed by atoms with Crippen molar-refractivity contribution in [2.24, 2.45) is 0 Å². The summed E-state index contributed by atoms with van der Waals surface area (Å²) in [6, 6.07) is 7.23. The third-order valence-corrected chi connectivity index (χ3v) is 7.19. The fourth-order valence-corrected chi connectivity index (χ4v) is 6.23. The second kappa shape index (κ2) is 6.70. The summed E-state index contributed by atoms with van der Waals surface area (Å²) >= 11 is 1.01. The molecule has 0 nitrogen and oxygen atoms in total. The van der Waals surface area contributed by atoms with E-state index >= 15 is 0 Å². The minimum absolute atomic E-state index is 0.893. The molecule has 2 saturated carbocycles. The first-order valence-electron chi connectivity index (χ1n) is 8.24. The van der Waals surface area contributed by atoms with E-state index in [4.69, 9.17) is 0 Å². The Balaban J connectivity index is 1.91. The van der Waals surface area contributed by atoms with Gasteiger partial charge in [-0.05, 0) is 0 Å². The number of hydrogen-bond acceptors (Lipinski definition) is 0. The summed E-state index contributed by atoms with van der Waals surface area (Å²) in [5.74, 6) is 1.80. The zero-order valence-corrected chi connectivity index (χ0v) is 16.5. The van der Waals surface area contributed by atoms with Crippen molar-refractivity contribution in [1.29, 1.82) is 0 Å². The molecule has 0 unspecified atom stereocenters. The summed E-state index contributed by atoms with van der Waals surface area (Å²) in [6.07, 6.45) is 14.6. The average Bonchev–Trinajstić information content (AvgIpc) is 2.49. The Labute approximate surface area is 133 Å². The Kier molecular flexibility index (Phi) is 4.96. The molecule has 1 aromatic rings. The maximum atomic E-state index is 2.48. The van der Waals surface area contributed by atoms with E-state index in [0.29, 0.717) is 0 Å². The third-order valence-electron chi connectivity index (χ3n) is 5.23. The van der Waals surface area contributed by atoms with Crippen molar-refractivity contribution < 1.29 is 0 Å². The van der Waals surface area contributed by atoms with Crippen LogP contribution >= 0.6 is 0 Å². The topological polar surface area (TPSA) is 0 Å². The molecular formula is C18H27Bi. The van der Waals surface area contributed by atoms with Crippen molar-refractivity contribution in [2.45, 2.75) is 76.0 Å². The van der Waals surface area contributed by atoms with E-state index in [9.17, 15) is 0 Å². The first kappa shape index (κ1) is 14.1. The molecule has 2 aliphatic carbocycles. The van der Waals surface area contributed by atoms with Crippen LogP contribution in [0, 0.1) is 0 Å². The molecule has 19 heavy (non-hydrogen) atoms. The van der Waals surface area contributed by atoms with Gasteiger partial charge in [0.05, 0.1) is 0 Å². The van der Waals surface area contributed by atoms with Crippen LogP contribution in [-0.4, -0.2) is 24.7 Å². The van der Waals surface area contributed by atoms with Crippen LogP contribution in [0.15, 0.2) is 18.2 Å². The Morgan fingerprint density at radius 2 is 1.32 bits per heavy atom. The molecule has 0 N–H and O–H groups in total. The third kappa shape index (κ3) is 3.23. The van der Waals surface area contributed by atoms with Crippen molar-refractivity contribution in [2.75, 3.05) is 0 Å². The molecular weight excluding hydrogens is 425 g/mol. The fraction of sp³-hybridized carbons (Fsp3) is 0.667. The normalized spacial score (nSPS) is 22.6. The van der Waals surface area contributed by atoms with Crippen LogP contribution in [-0.2, 0) is 0 Å². The van der Waals surface area contributed by atoms with Gasteiger partial charge in [0, 0.05) is 0 Å². The Hall–Kier alpha value is 0.103. The molecule has 2 aliphatic rings. The van der Waals surface area contributed by atoms with Gasteiger partial charge in [-0.2, -0.15) is 0 Å². The van der Waals surface area contributed by atoms with Crippen LogP contribution in [0.4, 0.5) is 0 Å². The molecule has 0 spiro atoms. The van der Waals surface area contributed by atoms with Crippen LogP contribution in [0.3, 0.4) is 0 Å². The van der Waals surface area contributed by atoms with Gasteiger partial charge >= 0.3 is 133 Å². The quantitative estimate of drug-likeness (QED) is 0.595.